The summed E-state index contributed by atoms with van der Waals surface area (Å²) in [6.07, 6.45) is 4.00. The maximum Gasteiger partial charge on any atom is 0.243 e. The van der Waals surface area contributed by atoms with Gasteiger partial charge in [-0.05, 0) is 64.1 Å². The van der Waals surface area contributed by atoms with Crippen molar-refractivity contribution in [1.29, 1.82) is 0 Å². The molecule has 4 rings (SSSR count). The quantitative estimate of drug-likeness (QED) is 0.596. The molecule has 0 aromatic carbocycles. The second kappa shape index (κ2) is 7.26. The van der Waals surface area contributed by atoms with Crippen LogP contribution in [0.25, 0.3) is 5.52 Å². The van der Waals surface area contributed by atoms with Crippen molar-refractivity contribution < 1.29 is 8.81 Å². The first-order valence-corrected chi connectivity index (χ1v) is 9.73. The number of aryl methyl sites for hydroxylation is 1. The molecule has 0 saturated carbocycles. The first kappa shape index (κ1) is 18.5. The molecule has 6 nitrogen and oxygen atoms in total. The number of anilines is 1. The normalized spacial score (nSPS) is 20.1. The number of furan rings is 1. The molecule has 3 N–H and O–H groups in total. The standard InChI is InChI=1S/C18H18BrClFN5O/c1-9-14(12-5-4-10(21)7-13(12)22)16(19)26-15(9)17(24-18(20)25-26)23-8-11-3-2-6-27-11/h2-4,6,12-13H,5,7-8,22H2,1H3,(H,23,24,25)/t12-,13-/m0/s1. The minimum atomic E-state index is -0.301. The Morgan fingerprint density at radius 2 is 2.33 bits per heavy atom. The molecule has 0 fully saturated rings. The number of hydrogen-bond donors (Lipinski definition) is 2. The summed E-state index contributed by atoms with van der Waals surface area (Å²) in [6, 6.07) is 3.40. The van der Waals surface area contributed by atoms with Gasteiger partial charge in [0.15, 0.2) is 5.82 Å². The number of allylic oxidation sites excluding steroid dienone is 1. The number of fused-ring (bicyclic) bond motifs is 1. The molecular weight excluding hydrogens is 437 g/mol. The molecule has 3 aromatic rings. The second-order valence-electron chi connectivity index (χ2n) is 6.61. The lowest BCUT2D eigenvalue weighted by Crippen LogP contribution is -2.31. The zero-order chi connectivity index (χ0) is 19.1. The third kappa shape index (κ3) is 3.37. The predicted octanol–water partition coefficient (Wildman–Crippen LogP) is 4.72. The van der Waals surface area contributed by atoms with E-state index in [0.29, 0.717) is 18.8 Å². The zero-order valence-electron chi connectivity index (χ0n) is 14.5. The van der Waals surface area contributed by atoms with E-state index in [1.807, 2.05) is 19.1 Å². The van der Waals surface area contributed by atoms with Gasteiger partial charge >= 0.3 is 0 Å². The van der Waals surface area contributed by atoms with Crippen molar-refractivity contribution in [2.24, 2.45) is 5.73 Å². The Hall–Kier alpha value is -1.90. The molecule has 27 heavy (non-hydrogen) atoms. The van der Waals surface area contributed by atoms with Crippen LogP contribution in [-0.2, 0) is 6.54 Å². The van der Waals surface area contributed by atoms with Crippen molar-refractivity contribution in [3.63, 3.8) is 0 Å². The van der Waals surface area contributed by atoms with Crippen LogP contribution < -0.4 is 11.1 Å². The van der Waals surface area contributed by atoms with Crippen LogP contribution in [0.15, 0.2) is 39.3 Å². The molecule has 0 bridgehead atoms. The van der Waals surface area contributed by atoms with Gasteiger partial charge in [0.05, 0.1) is 18.6 Å². The smallest absolute Gasteiger partial charge is 0.243 e. The van der Waals surface area contributed by atoms with E-state index in [2.05, 4.69) is 31.3 Å². The molecule has 0 radical (unpaired) electrons. The Kier molecular flexibility index (Phi) is 4.96. The Morgan fingerprint density at radius 1 is 1.52 bits per heavy atom. The van der Waals surface area contributed by atoms with Crippen molar-refractivity contribution in [2.75, 3.05) is 5.32 Å². The summed E-state index contributed by atoms with van der Waals surface area (Å²) in [5.41, 5.74) is 9.04. The maximum atomic E-state index is 13.6. The van der Waals surface area contributed by atoms with Crippen molar-refractivity contribution >= 4 is 38.9 Å². The van der Waals surface area contributed by atoms with Crippen LogP contribution in [-0.4, -0.2) is 20.6 Å². The first-order chi connectivity index (χ1) is 13.0. The van der Waals surface area contributed by atoms with Gasteiger partial charge in [0, 0.05) is 18.4 Å². The fourth-order valence-corrected chi connectivity index (χ4v) is 4.63. The van der Waals surface area contributed by atoms with E-state index >= 15 is 0 Å². The van der Waals surface area contributed by atoms with E-state index in [0.717, 1.165) is 27.0 Å². The van der Waals surface area contributed by atoms with E-state index < -0.39 is 0 Å². The molecule has 0 aliphatic heterocycles. The van der Waals surface area contributed by atoms with Crippen molar-refractivity contribution in [1.82, 2.24) is 14.6 Å². The molecule has 3 aromatic heterocycles. The third-order valence-electron chi connectivity index (χ3n) is 4.91. The maximum absolute atomic E-state index is 13.6. The molecule has 9 heteroatoms. The van der Waals surface area contributed by atoms with Crippen LogP contribution in [0.5, 0.6) is 0 Å². The fourth-order valence-electron chi connectivity index (χ4n) is 3.63. The van der Waals surface area contributed by atoms with Crippen molar-refractivity contribution in [2.45, 2.75) is 38.3 Å². The molecule has 142 valence electrons. The fraction of sp³-hybridized carbons (Fsp3) is 0.333. The zero-order valence-corrected chi connectivity index (χ0v) is 16.9. The first-order valence-electron chi connectivity index (χ1n) is 8.56. The topological polar surface area (TPSA) is 81.4 Å². The minimum absolute atomic E-state index is 0.0164. The van der Waals surface area contributed by atoms with Crippen LogP contribution in [0.4, 0.5) is 10.2 Å². The summed E-state index contributed by atoms with van der Waals surface area (Å²) < 4.78 is 21.4. The highest BCUT2D eigenvalue weighted by Gasteiger charge is 2.31. The van der Waals surface area contributed by atoms with Crippen molar-refractivity contribution in [3.8, 4) is 0 Å². The van der Waals surface area contributed by atoms with Crippen LogP contribution in [0, 0.1) is 6.92 Å². The van der Waals surface area contributed by atoms with Gasteiger partial charge in [0.25, 0.3) is 0 Å². The van der Waals surface area contributed by atoms with Crippen LogP contribution in [0.2, 0.25) is 5.28 Å². The number of nitrogens with one attached hydrogen (secondary N) is 1. The summed E-state index contributed by atoms with van der Waals surface area (Å²) in [5, 5.41) is 7.70. The molecule has 0 saturated heterocycles. The van der Waals surface area contributed by atoms with E-state index in [1.165, 1.54) is 0 Å². The highest BCUT2D eigenvalue weighted by molar-refractivity contribution is 9.10. The monoisotopic (exact) mass is 453 g/mol. The third-order valence-corrected chi connectivity index (χ3v) is 5.84. The van der Waals surface area contributed by atoms with E-state index in [4.69, 9.17) is 21.8 Å². The average Bonchev–Trinajstić information content (AvgIpc) is 3.22. The Balaban J connectivity index is 1.79. The van der Waals surface area contributed by atoms with Gasteiger partial charge in [-0.15, -0.1) is 5.10 Å². The lowest BCUT2D eigenvalue weighted by Gasteiger charge is -2.26. The molecule has 0 unspecified atom stereocenters. The molecule has 1 aliphatic rings. The SMILES string of the molecule is Cc1c([C@H]2CC=C(F)C[C@@H]2N)c(Br)n2nc(Cl)nc(NCc3ccco3)c12. The largest absolute Gasteiger partial charge is 0.467 e. The highest BCUT2D eigenvalue weighted by atomic mass is 79.9. The van der Waals surface area contributed by atoms with Crippen LogP contribution >= 0.6 is 27.5 Å². The second-order valence-corrected chi connectivity index (χ2v) is 7.70. The molecular formula is C18H18BrClFN5O. The summed E-state index contributed by atoms with van der Waals surface area (Å²) in [7, 11) is 0. The van der Waals surface area contributed by atoms with Gasteiger partial charge in [-0.3, -0.25) is 0 Å². The summed E-state index contributed by atoms with van der Waals surface area (Å²) in [6.45, 7) is 2.45. The van der Waals surface area contributed by atoms with E-state index in [9.17, 15) is 4.39 Å². The minimum Gasteiger partial charge on any atom is -0.467 e. The van der Waals surface area contributed by atoms with E-state index in [-0.39, 0.29) is 29.5 Å². The average molecular weight is 455 g/mol. The Bertz CT molecular complexity index is 1020. The molecule has 0 amide bonds. The van der Waals surface area contributed by atoms with Crippen LogP contribution in [0.1, 0.15) is 35.6 Å². The molecule has 1 aliphatic carbocycles. The van der Waals surface area contributed by atoms with Crippen LogP contribution in [0.3, 0.4) is 0 Å². The van der Waals surface area contributed by atoms with E-state index in [1.54, 1.807) is 16.9 Å². The number of nitrogens with zero attached hydrogens (tertiary/aromatic N) is 3. The van der Waals surface area contributed by atoms with Gasteiger partial charge < -0.3 is 15.5 Å². The summed E-state index contributed by atoms with van der Waals surface area (Å²) >= 11 is 9.78. The number of halogens is 3. The number of aromatic nitrogens is 3. The number of hydrogen-bond acceptors (Lipinski definition) is 5. The van der Waals surface area contributed by atoms with Crippen molar-refractivity contribution in [3.05, 3.63) is 57.1 Å². The Labute approximate surface area is 168 Å². The van der Waals surface area contributed by atoms with Gasteiger partial charge in [-0.25, -0.2) is 8.91 Å². The summed E-state index contributed by atoms with van der Waals surface area (Å²) in [5.74, 6) is 1.21. The van der Waals surface area contributed by atoms with Gasteiger partial charge in [0.2, 0.25) is 5.28 Å². The summed E-state index contributed by atoms with van der Waals surface area (Å²) in [4.78, 5) is 4.35. The molecule has 3 heterocycles. The van der Waals surface area contributed by atoms with Gasteiger partial charge in [-0.1, -0.05) is 6.08 Å². The highest BCUT2D eigenvalue weighted by Crippen LogP contribution is 2.41. The lowest BCUT2D eigenvalue weighted by molar-refractivity contribution is 0.440. The lowest BCUT2D eigenvalue weighted by atomic mass is 9.83. The molecule has 2 atom stereocenters. The Morgan fingerprint density at radius 3 is 3.04 bits per heavy atom. The molecule has 0 spiro atoms. The van der Waals surface area contributed by atoms with Gasteiger partial charge in [-0.2, -0.15) is 4.98 Å². The number of nitrogens with two attached hydrogens (primary N) is 1. The number of rotatable bonds is 4. The predicted molar refractivity (Wildman–Crippen MR) is 106 cm³/mol. The van der Waals surface area contributed by atoms with Gasteiger partial charge in [0.1, 0.15) is 15.9 Å².